The van der Waals surface area contributed by atoms with E-state index in [4.69, 9.17) is 0 Å². The van der Waals surface area contributed by atoms with Crippen molar-refractivity contribution in [1.29, 1.82) is 0 Å². The van der Waals surface area contributed by atoms with Crippen molar-refractivity contribution in [1.82, 2.24) is 0 Å². The normalized spacial score (nSPS) is 9.67. The second-order valence-electron chi connectivity index (χ2n) is 2.36. The summed E-state index contributed by atoms with van der Waals surface area (Å²) in [5.41, 5.74) is 2.68. The van der Waals surface area contributed by atoms with Crippen LogP contribution in [0.2, 0.25) is 0 Å². The van der Waals surface area contributed by atoms with Gasteiger partial charge in [-0.3, -0.25) is 0 Å². The molecule has 1 heteroatoms. The minimum Gasteiger partial charge on any atom is -0.105 e. The molecule has 1 aromatic carbocycles. The molecule has 0 N–H and O–H groups in total. The van der Waals surface area contributed by atoms with Gasteiger partial charge >= 0.3 is 0 Å². The van der Waals surface area contributed by atoms with Gasteiger partial charge in [0.15, 0.2) is 0 Å². The fraction of sp³-hybridized carbons (Fsp3) is 0.250. The standard InChI is InChI=1S/C8H11P/c1-6-3-4-8(9)7(2)5-6/h3-5H,9H2,1-2H3. The summed E-state index contributed by atoms with van der Waals surface area (Å²) >= 11 is 0. The van der Waals surface area contributed by atoms with Crippen LogP contribution in [0.4, 0.5) is 0 Å². The predicted octanol–water partition coefficient (Wildman–Crippen LogP) is 1.80. The molecular weight excluding hydrogens is 127 g/mol. The number of rotatable bonds is 0. The molecule has 0 radical (unpaired) electrons. The molecule has 0 aliphatic carbocycles. The van der Waals surface area contributed by atoms with Crippen molar-refractivity contribution >= 4 is 14.5 Å². The zero-order valence-electron chi connectivity index (χ0n) is 5.81. The molecule has 0 spiro atoms. The number of benzene rings is 1. The smallest absolute Gasteiger partial charge is 0.0273 e. The molecule has 1 atom stereocenters. The Labute approximate surface area is 58.5 Å². The second-order valence-corrected chi connectivity index (χ2v) is 2.98. The summed E-state index contributed by atoms with van der Waals surface area (Å²) in [6, 6.07) is 6.42. The van der Waals surface area contributed by atoms with E-state index in [0.717, 1.165) is 0 Å². The number of hydrogen-bond donors (Lipinski definition) is 0. The highest BCUT2D eigenvalue weighted by Gasteiger charge is 1.89. The number of aryl methyl sites for hydroxylation is 2. The molecule has 0 saturated heterocycles. The predicted molar refractivity (Wildman–Crippen MR) is 45.3 cm³/mol. The topological polar surface area (TPSA) is 0 Å². The Hall–Kier alpha value is -0.350. The van der Waals surface area contributed by atoms with E-state index in [1.807, 2.05) is 0 Å². The van der Waals surface area contributed by atoms with E-state index in [-0.39, 0.29) is 0 Å². The lowest BCUT2D eigenvalue weighted by atomic mass is 10.2. The van der Waals surface area contributed by atoms with Gasteiger partial charge in [-0.2, -0.15) is 0 Å². The highest BCUT2D eigenvalue weighted by atomic mass is 31.0. The molecule has 0 fully saturated rings. The van der Waals surface area contributed by atoms with E-state index < -0.39 is 0 Å². The van der Waals surface area contributed by atoms with Crippen molar-refractivity contribution in [3.63, 3.8) is 0 Å². The Kier molecular flexibility index (Phi) is 1.87. The third-order valence-corrected chi connectivity index (χ3v) is 2.07. The highest BCUT2D eigenvalue weighted by molar-refractivity contribution is 7.27. The van der Waals surface area contributed by atoms with Gasteiger partial charge in [0.2, 0.25) is 0 Å². The first-order valence-corrected chi connectivity index (χ1v) is 3.60. The lowest BCUT2D eigenvalue weighted by molar-refractivity contribution is 1.41. The summed E-state index contributed by atoms with van der Waals surface area (Å²) in [7, 11) is 2.71. The van der Waals surface area contributed by atoms with Crippen LogP contribution in [-0.4, -0.2) is 0 Å². The van der Waals surface area contributed by atoms with Crippen molar-refractivity contribution in [2.45, 2.75) is 13.8 Å². The van der Waals surface area contributed by atoms with E-state index in [1.165, 1.54) is 16.4 Å². The van der Waals surface area contributed by atoms with Crippen molar-refractivity contribution in [2.24, 2.45) is 0 Å². The van der Waals surface area contributed by atoms with Crippen LogP contribution in [-0.2, 0) is 0 Å². The summed E-state index contributed by atoms with van der Waals surface area (Å²) < 4.78 is 0. The Morgan fingerprint density at radius 1 is 1.22 bits per heavy atom. The summed E-state index contributed by atoms with van der Waals surface area (Å²) in [4.78, 5) is 0. The first-order valence-electron chi connectivity index (χ1n) is 3.03. The molecule has 0 heterocycles. The summed E-state index contributed by atoms with van der Waals surface area (Å²) in [5.74, 6) is 0. The van der Waals surface area contributed by atoms with Gasteiger partial charge in [-0.25, -0.2) is 0 Å². The van der Waals surface area contributed by atoms with Gasteiger partial charge < -0.3 is 0 Å². The van der Waals surface area contributed by atoms with E-state index in [0.29, 0.717) is 0 Å². The van der Waals surface area contributed by atoms with Crippen molar-refractivity contribution in [3.05, 3.63) is 29.3 Å². The summed E-state index contributed by atoms with van der Waals surface area (Å²) in [6.07, 6.45) is 0. The lowest BCUT2D eigenvalue weighted by Gasteiger charge is -1.98. The highest BCUT2D eigenvalue weighted by Crippen LogP contribution is 2.02. The quantitative estimate of drug-likeness (QED) is 0.479. The second kappa shape index (κ2) is 2.49. The molecule has 1 aromatic rings. The third-order valence-electron chi connectivity index (χ3n) is 1.43. The third kappa shape index (κ3) is 1.53. The Balaban J connectivity index is 3.17. The largest absolute Gasteiger partial charge is 0.105 e. The molecule has 1 unspecified atom stereocenters. The Morgan fingerprint density at radius 3 is 2.33 bits per heavy atom. The van der Waals surface area contributed by atoms with Crippen molar-refractivity contribution in [3.8, 4) is 0 Å². The van der Waals surface area contributed by atoms with Crippen LogP contribution >= 0.6 is 9.24 Å². The average Bonchev–Trinajstić information content (AvgIpc) is 1.80. The Bertz CT molecular complexity index is 216. The first-order chi connectivity index (χ1) is 4.20. The molecule has 0 nitrogen and oxygen atoms in total. The van der Waals surface area contributed by atoms with Gasteiger partial charge in [0.25, 0.3) is 0 Å². The SMILES string of the molecule is Cc1ccc(P)c(C)c1. The maximum Gasteiger partial charge on any atom is -0.0273 e. The fourth-order valence-corrected chi connectivity index (χ4v) is 1.01. The monoisotopic (exact) mass is 138 g/mol. The van der Waals surface area contributed by atoms with Crippen LogP contribution in [0.25, 0.3) is 0 Å². The Morgan fingerprint density at radius 2 is 1.89 bits per heavy atom. The van der Waals surface area contributed by atoms with E-state index in [1.54, 1.807) is 0 Å². The van der Waals surface area contributed by atoms with E-state index in [9.17, 15) is 0 Å². The van der Waals surface area contributed by atoms with Crippen LogP contribution in [0.5, 0.6) is 0 Å². The van der Waals surface area contributed by atoms with E-state index >= 15 is 0 Å². The molecule has 9 heavy (non-hydrogen) atoms. The molecule has 0 aliphatic rings. The van der Waals surface area contributed by atoms with Crippen LogP contribution in [0.3, 0.4) is 0 Å². The lowest BCUT2D eigenvalue weighted by Crippen LogP contribution is -1.94. The summed E-state index contributed by atoms with van der Waals surface area (Å²) in [5, 5.41) is 1.29. The summed E-state index contributed by atoms with van der Waals surface area (Å²) in [6.45, 7) is 4.23. The molecule has 1 rings (SSSR count). The molecule has 0 bridgehead atoms. The molecule has 48 valence electrons. The van der Waals surface area contributed by atoms with Crippen LogP contribution in [0.1, 0.15) is 11.1 Å². The zero-order valence-corrected chi connectivity index (χ0v) is 6.96. The fourth-order valence-electron chi connectivity index (χ4n) is 0.826. The van der Waals surface area contributed by atoms with Gasteiger partial charge in [-0.15, -0.1) is 9.24 Å². The van der Waals surface area contributed by atoms with Gasteiger partial charge in [0, 0.05) is 0 Å². The molecular formula is C8H11P. The van der Waals surface area contributed by atoms with E-state index in [2.05, 4.69) is 41.3 Å². The van der Waals surface area contributed by atoms with Gasteiger partial charge in [0.05, 0.1) is 0 Å². The van der Waals surface area contributed by atoms with Gasteiger partial charge in [-0.1, -0.05) is 23.8 Å². The minimum atomic E-state index is 1.29. The number of hydrogen-bond acceptors (Lipinski definition) is 0. The zero-order chi connectivity index (χ0) is 6.85. The van der Waals surface area contributed by atoms with Crippen LogP contribution < -0.4 is 5.30 Å². The first kappa shape index (κ1) is 6.77. The maximum atomic E-state index is 2.71. The van der Waals surface area contributed by atoms with Gasteiger partial charge in [0.1, 0.15) is 0 Å². The van der Waals surface area contributed by atoms with Gasteiger partial charge in [-0.05, 0) is 24.7 Å². The van der Waals surface area contributed by atoms with Crippen LogP contribution in [0.15, 0.2) is 18.2 Å². The molecule has 0 aliphatic heterocycles. The average molecular weight is 138 g/mol. The molecule has 0 aromatic heterocycles. The van der Waals surface area contributed by atoms with Crippen molar-refractivity contribution < 1.29 is 0 Å². The van der Waals surface area contributed by atoms with Crippen LogP contribution in [0, 0.1) is 13.8 Å². The molecule has 0 amide bonds. The van der Waals surface area contributed by atoms with Crippen molar-refractivity contribution in [2.75, 3.05) is 0 Å². The maximum absolute atomic E-state index is 2.71. The molecule has 0 saturated carbocycles. The minimum absolute atomic E-state index is 1.29.